The molecule has 0 aliphatic carbocycles. The van der Waals surface area contributed by atoms with Gasteiger partial charge < -0.3 is 24.7 Å². The maximum Gasteiger partial charge on any atom is 0.152 e. The first-order chi connectivity index (χ1) is 16.0. The molecule has 3 fully saturated rings. The highest BCUT2D eigenvalue weighted by Crippen LogP contribution is 2.43. The standard InChI is InChI=1S/C23H30ClN5O3S/c1-15-10-23(14-32-15)4-8-28(9-5-23)21-17(13-31)27-19(11-26-21)33-18-2-6-25-22(20(18)24)29-7-3-16(29)12-30/h2,6,11,15-16,30-31H,3-5,7-10,12-14H2,1H3/t15-,16?/m0/s1. The SMILES string of the molecule is C[C@H]1CC2(CCN(c3ncc(Sc4ccnc(N5CCC5CO)c4Cl)nc3CO)CC2)CO1. The van der Waals surface area contributed by atoms with E-state index in [4.69, 9.17) is 21.3 Å². The van der Waals surface area contributed by atoms with Crippen LogP contribution in [0.5, 0.6) is 0 Å². The van der Waals surface area contributed by atoms with Gasteiger partial charge in [-0.25, -0.2) is 15.0 Å². The van der Waals surface area contributed by atoms with Gasteiger partial charge >= 0.3 is 0 Å². The Kier molecular flexibility index (Phi) is 6.68. The molecule has 3 saturated heterocycles. The summed E-state index contributed by atoms with van der Waals surface area (Å²) in [5, 5.41) is 20.8. The summed E-state index contributed by atoms with van der Waals surface area (Å²) in [6.07, 6.45) is 8.02. The minimum absolute atomic E-state index is 0.0676. The van der Waals surface area contributed by atoms with Crippen LogP contribution in [0.25, 0.3) is 0 Å². The van der Waals surface area contributed by atoms with Crippen LogP contribution in [0.3, 0.4) is 0 Å². The molecular weight excluding hydrogens is 462 g/mol. The highest BCUT2D eigenvalue weighted by Gasteiger charge is 2.41. The first-order valence-corrected chi connectivity index (χ1v) is 12.7. The zero-order valence-corrected chi connectivity index (χ0v) is 20.4. The van der Waals surface area contributed by atoms with Crippen molar-refractivity contribution in [3.05, 3.63) is 29.2 Å². The van der Waals surface area contributed by atoms with Gasteiger partial charge in [0, 0.05) is 30.7 Å². The highest BCUT2D eigenvalue weighted by molar-refractivity contribution is 7.99. The number of pyridine rings is 1. The number of rotatable bonds is 6. The molecule has 0 radical (unpaired) electrons. The summed E-state index contributed by atoms with van der Waals surface area (Å²) in [7, 11) is 0. The number of aromatic nitrogens is 3. The van der Waals surface area contributed by atoms with Crippen molar-refractivity contribution in [1.82, 2.24) is 15.0 Å². The molecule has 178 valence electrons. The van der Waals surface area contributed by atoms with Gasteiger partial charge in [0.25, 0.3) is 0 Å². The van der Waals surface area contributed by atoms with E-state index in [1.54, 1.807) is 12.4 Å². The fourth-order valence-electron chi connectivity index (χ4n) is 5.13. The second-order valence-electron chi connectivity index (χ2n) is 9.32. The summed E-state index contributed by atoms with van der Waals surface area (Å²) in [5.41, 5.74) is 0.875. The van der Waals surface area contributed by atoms with Crippen LogP contribution in [0.15, 0.2) is 28.4 Å². The molecule has 0 amide bonds. The summed E-state index contributed by atoms with van der Waals surface area (Å²) in [5.74, 6) is 1.45. The molecule has 5 heterocycles. The maximum atomic E-state index is 10.0. The Balaban J connectivity index is 1.30. The van der Waals surface area contributed by atoms with E-state index in [0.29, 0.717) is 33.1 Å². The summed E-state index contributed by atoms with van der Waals surface area (Å²) >= 11 is 8.07. The third kappa shape index (κ3) is 4.53. The molecule has 2 atom stereocenters. The number of nitrogens with zero attached hydrogens (tertiary/aromatic N) is 5. The van der Waals surface area contributed by atoms with Crippen LogP contribution < -0.4 is 9.80 Å². The molecule has 2 aromatic rings. The number of aliphatic hydroxyl groups excluding tert-OH is 2. The first-order valence-electron chi connectivity index (χ1n) is 11.5. The van der Waals surface area contributed by atoms with Gasteiger partial charge in [0.1, 0.15) is 16.5 Å². The van der Waals surface area contributed by atoms with Crippen molar-refractivity contribution >= 4 is 35.0 Å². The lowest BCUT2D eigenvalue weighted by Gasteiger charge is -2.41. The van der Waals surface area contributed by atoms with Crippen molar-refractivity contribution in [1.29, 1.82) is 0 Å². The lowest BCUT2D eigenvalue weighted by Crippen LogP contribution is -2.50. The van der Waals surface area contributed by atoms with Gasteiger partial charge in [-0.05, 0) is 44.1 Å². The molecule has 1 unspecified atom stereocenters. The van der Waals surface area contributed by atoms with Gasteiger partial charge in [-0.15, -0.1) is 0 Å². The van der Waals surface area contributed by atoms with Crippen molar-refractivity contribution in [3.63, 3.8) is 0 Å². The number of anilines is 2. The Bertz CT molecular complexity index is 1000. The fraction of sp³-hybridized carbons (Fsp3) is 0.609. The van der Waals surface area contributed by atoms with Gasteiger partial charge in [0.15, 0.2) is 5.82 Å². The van der Waals surface area contributed by atoms with Crippen molar-refractivity contribution in [2.45, 2.75) is 61.3 Å². The largest absolute Gasteiger partial charge is 0.394 e. The minimum Gasteiger partial charge on any atom is -0.394 e. The fourth-order valence-corrected chi connectivity index (χ4v) is 6.26. The molecule has 0 saturated carbocycles. The smallest absolute Gasteiger partial charge is 0.152 e. The third-order valence-electron chi connectivity index (χ3n) is 7.15. The van der Waals surface area contributed by atoms with E-state index in [1.165, 1.54) is 11.8 Å². The van der Waals surface area contributed by atoms with E-state index >= 15 is 0 Å². The molecule has 33 heavy (non-hydrogen) atoms. The Labute approximate surface area is 203 Å². The van der Waals surface area contributed by atoms with Gasteiger partial charge in [-0.2, -0.15) is 0 Å². The van der Waals surface area contributed by atoms with Crippen LogP contribution in [0.1, 0.15) is 38.3 Å². The van der Waals surface area contributed by atoms with Crippen molar-refractivity contribution in [2.75, 3.05) is 42.6 Å². The normalized spacial score (nSPS) is 24.4. The molecule has 2 N–H and O–H groups in total. The van der Waals surface area contributed by atoms with E-state index in [2.05, 4.69) is 21.8 Å². The molecule has 3 aliphatic heterocycles. The zero-order valence-electron chi connectivity index (χ0n) is 18.8. The van der Waals surface area contributed by atoms with E-state index in [-0.39, 0.29) is 19.3 Å². The predicted octanol–water partition coefficient (Wildman–Crippen LogP) is 3.13. The van der Waals surface area contributed by atoms with Crippen molar-refractivity contribution in [2.24, 2.45) is 5.41 Å². The molecule has 1 spiro atoms. The predicted molar refractivity (Wildman–Crippen MR) is 128 cm³/mol. The van der Waals surface area contributed by atoms with Gasteiger partial charge in [-0.3, -0.25) is 0 Å². The average Bonchev–Trinajstić information content (AvgIpc) is 3.16. The lowest BCUT2D eigenvalue weighted by atomic mass is 9.77. The lowest BCUT2D eigenvalue weighted by molar-refractivity contribution is 0.0975. The van der Waals surface area contributed by atoms with Crippen LogP contribution in [0, 0.1) is 5.41 Å². The number of aliphatic hydroxyl groups is 2. The zero-order chi connectivity index (χ0) is 23.0. The second kappa shape index (κ2) is 9.54. The molecule has 10 heteroatoms. The topological polar surface area (TPSA) is 94.8 Å². The minimum atomic E-state index is -0.167. The van der Waals surface area contributed by atoms with E-state index in [0.717, 1.165) is 62.6 Å². The van der Waals surface area contributed by atoms with E-state index in [1.807, 2.05) is 11.0 Å². The van der Waals surface area contributed by atoms with Crippen LogP contribution >= 0.6 is 23.4 Å². The molecule has 0 bridgehead atoms. The summed E-state index contributed by atoms with van der Waals surface area (Å²) in [6.45, 7) is 5.54. The monoisotopic (exact) mass is 491 g/mol. The molecule has 3 aliphatic rings. The Morgan fingerprint density at radius 2 is 2.03 bits per heavy atom. The Morgan fingerprint density at radius 1 is 1.21 bits per heavy atom. The third-order valence-corrected chi connectivity index (χ3v) is 8.60. The second-order valence-corrected chi connectivity index (χ2v) is 10.8. The number of piperidine rings is 1. The molecular formula is C23H30ClN5O3S. The average molecular weight is 492 g/mol. The van der Waals surface area contributed by atoms with Gasteiger partial charge in [0.2, 0.25) is 0 Å². The van der Waals surface area contributed by atoms with Crippen LogP contribution in [0.4, 0.5) is 11.6 Å². The number of halogens is 1. The summed E-state index contributed by atoms with van der Waals surface area (Å²) in [4.78, 5) is 18.9. The molecule has 2 aromatic heterocycles. The molecule has 5 rings (SSSR count). The van der Waals surface area contributed by atoms with Crippen molar-refractivity contribution < 1.29 is 14.9 Å². The Hall–Kier alpha value is -1.65. The number of hydrogen-bond donors (Lipinski definition) is 2. The molecule has 0 aromatic carbocycles. The van der Waals surface area contributed by atoms with E-state index in [9.17, 15) is 10.2 Å². The van der Waals surface area contributed by atoms with Crippen LogP contribution in [-0.4, -0.2) is 70.2 Å². The van der Waals surface area contributed by atoms with Crippen molar-refractivity contribution in [3.8, 4) is 0 Å². The summed E-state index contributed by atoms with van der Waals surface area (Å²) < 4.78 is 5.84. The maximum absolute atomic E-state index is 10.0. The van der Waals surface area contributed by atoms with Gasteiger partial charge in [0.05, 0.1) is 43.2 Å². The highest BCUT2D eigenvalue weighted by atomic mass is 35.5. The molecule has 8 nitrogen and oxygen atoms in total. The van der Waals surface area contributed by atoms with Crippen LogP contribution in [-0.2, 0) is 11.3 Å². The van der Waals surface area contributed by atoms with E-state index < -0.39 is 0 Å². The number of hydrogen-bond acceptors (Lipinski definition) is 9. The quantitative estimate of drug-likeness (QED) is 0.631. The summed E-state index contributed by atoms with van der Waals surface area (Å²) in [6, 6.07) is 1.92. The van der Waals surface area contributed by atoms with Crippen LogP contribution in [0.2, 0.25) is 5.02 Å². The first kappa shape index (κ1) is 23.1. The van der Waals surface area contributed by atoms with Gasteiger partial charge in [-0.1, -0.05) is 23.4 Å². The Morgan fingerprint density at radius 3 is 2.67 bits per heavy atom. The number of ether oxygens (including phenoxy) is 1.